The second-order valence-corrected chi connectivity index (χ2v) is 4.66. The normalized spacial score (nSPS) is 11.3. The summed E-state index contributed by atoms with van der Waals surface area (Å²) in [5, 5.41) is 7.22. The van der Waals surface area contributed by atoms with Crippen LogP contribution in [-0.2, 0) is 6.42 Å². The van der Waals surface area contributed by atoms with Crippen LogP contribution in [0.2, 0.25) is 0 Å². The van der Waals surface area contributed by atoms with Gasteiger partial charge in [0.2, 0.25) is 0 Å². The van der Waals surface area contributed by atoms with Crippen molar-refractivity contribution in [3.8, 4) is 5.75 Å². The van der Waals surface area contributed by atoms with Gasteiger partial charge in [0, 0.05) is 12.2 Å². The Labute approximate surface area is 112 Å². The smallest absolute Gasteiger partial charge is 0.406 e. The minimum absolute atomic E-state index is 0.212. The number of halogens is 3. The van der Waals surface area contributed by atoms with Crippen molar-refractivity contribution in [2.24, 2.45) is 0 Å². The van der Waals surface area contributed by atoms with Crippen LogP contribution in [0.5, 0.6) is 5.75 Å². The molecule has 0 atom stereocenters. The highest BCUT2D eigenvalue weighted by Gasteiger charge is 2.30. The number of rotatable bonds is 5. The van der Waals surface area contributed by atoms with Gasteiger partial charge < -0.3 is 10.1 Å². The number of hydrogen-bond acceptors (Lipinski definition) is 3. The van der Waals surface area contributed by atoms with E-state index in [1.165, 1.54) is 17.7 Å². The number of thiophene rings is 1. The van der Waals surface area contributed by atoms with E-state index in [0.717, 1.165) is 18.7 Å². The van der Waals surface area contributed by atoms with Crippen molar-refractivity contribution < 1.29 is 17.9 Å². The number of hydrogen-bond donors (Lipinski definition) is 1. The molecule has 2 rings (SSSR count). The lowest BCUT2D eigenvalue weighted by atomic mass is 10.2. The van der Waals surface area contributed by atoms with Crippen LogP contribution >= 0.6 is 11.3 Å². The molecule has 0 unspecified atom stereocenters. The predicted octanol–water partition coefficient (Wildman–Crippen LogP) is 4.30. The molecule has 1 aromatic heterocycles. The van der Waals surface area contributed by atoms with E-state index in [1.54, 1.807) is 23.5 Å². The lowest BCUT2D eigenvalue weighted by Crippen LogP contribution is -2.17. The van der Waals surface area contributed by atoms with Crippen LogP contribution in [-0.4, -0.2) is 12.9 Å². The number of nitrogens with one attached hydrogen (secondary N) is 1. The molecule has 19 heavy (non-hydrogen) atoms. The molecule has 1 heterocycles. The predicted molar refractivity (Wildman–Crippen MR) is 69.6 cm³/mol. The molecule has 0 saturated heterocycles. The van der Waals surface area contributed by atoms with Gasteiger partial charge in [-0.2, -0.15) is 11.3 Å². The van der Waals surface area contributed by atoms with Gasteiger partial charge in [0.25, 0.3) is 0 Å². The fraction of sp³-hybridized carbons (Fsp3) is 0.231. The molecular formula is C13H12F3NOS. The molecule has 0 aliphatic rings. The van der Waals surface area contributed by atoms with Crippen LogP contribution in [0, 0.1) is 0 Å². The summed E-state index contributed by atoms with van der Waals surface area (Å²) in [6.45, 7) is 0.732. The molecule has 0 saturated carbocycles. The number of anilines is 1. The highest BCUT2D eigenvalue weighted by Crippen LogP contribution is 2.23. The van der Waals surface area contributed by atoms with Crippen molar-refractivity contribution in [1.82, 2.24) is 0 Å². The van der Waals surface area contributed by atoms with Gasteiger partial charge in [-0.1, -0.05) is 0 Å². The quantitative estimate of drug-likeness (QED) is 0.885. The Hall–Kier alpha value is -1.69. The first-order chi connectivity index (χ1) is 9.03. The molecule has 0 radical (unpaired) electrons. The first-order valence-electron chi connectivity index (χ1n) is 5.64. The summed E-state index contributed by atoms with van der Waals surface area (Å²) in [7, 11) is 0. The summed E-state index contributed by atoms with van der Waals surface area (Å²) in [4.78, 5) is 0. The van der Waals surface area contributed by atoms with Crippen LogP contribution in [0.4, 0.5) is 18.9 Å². The van der Waals surface area contributed by atoms with E-state index < -0.39 is 6.36 Å². The van der Waals surface area contributed by atoms with Crippen molar-refractivity contribution >= 4 is 17.0 Å². The van der Waals surface area contributed by atoms with Gasteiger partial charge in [-0.25, -0.2) is 0 Å². The fourth-order valence-corrected chi connectivity index (χ4v) is 2.26. The van der Waals surface area contributed by atoms with Crippen molar-refractivity contribution in [2.45, 2.75) is 12.8 Å². The third-order valence-corrected chi connectivity index (χ3v) is 3.14. The average molecular weight is 287 g/mol. The van der Waals surface area contributed by atoms with E-state index in [0.29, 0.717) is 0 Å². The zero-order valence-corrected chi connectivity index (χ0v) is 10.7. The molecule has 2 aromatic rings. The molecule has 0 amide bonds. The Kier molecular flexibility index (Phi) is 4.31. The maximum atomic E-state index is 12.0. The summed E-state index contributed by atoms with van der Waals surface area (Å²) in [5.74, 6) is -0.212. The fourth-order valence-electron chi connectivity index (χ4n) is 1.56. The van der Waals surface area contributed by atoms with E-state index in [-0.39, 0.29) is 5.75 Å². The summed E-state index contributed by atoms with van der Waals surface area (Å²) < 4.78 is 39.7. The molecule has 2 nitrogen and oxygen atoms in total. The lowest BCUT2D eigenvalue weighted by Gasteiger charge is -2.10. The zero-order valence-electron chi connectivity index (χ0n) is 9.91. The number of benzene rings is 1. The molecule has 0 aliphatic carbocycles. The maximum Gasteiger partial charge on any atom is 0.573 e. The summed E-state index contributed by atoms with van der Waals surface area (Å²) >= 11 is 1.64. The molecule has 0 aliphatic heterocycles. The second-order valence-electron chi connectivity index (χ2n) is 3.88. The minimum Gasteiger partial charge on any atom is -0.406 e. The van der Waals surface area contributed by atoms with Crippen LogP contribution < -0.4 is 10.1 Å². The Balaban J connectivity index is 1.81. The van der Waals surface area contributed by atoms with Gasteiger partial charge in [0.1, 0.15) is 5.75 Å². The van der Waals surface area contributed by atoms with Gasteiger partial charge in [-0.05, 0) is 53.1 Å². The van der Waals surface area contributed by atoms with Crippen molar-refractivity contribution in [3.63, 3.8) is 0 Å². The zero-order chi connectivity index (χ0) is 13.7. The maximum absolute atomic E-state index is 12.0. The third kappa shape index (κ3) is 4.82. The first kappa shape index (κ1) is 13.7. The molecular weight excluding hydrogens is 275 g/mol. The molecule has 0 bridgehead atoms. The van der Waals surface area contributed by atoms with E-state index in [1.807, 2.05) is 11.4 Å². The van der Waals surface area contributed by atoms with Gasteiger partial charge in [0.05, 0.1) is 0 Å². The monoisotopic (exact) mass is 287 g/mol. The highest BCUT2D eigenvalue weighted by molar-refractivity contribution is 7.07. The minimum atomic E-state index is -4.64. The molecule has 0 fully saturated rings. The summed E-state index contributed by atoms with van der Waals surface area (Å²) in [6.07, 6.45) is -3.77. The Morgan fingerprint density at radius 3 is 2.42 bits per heavy atom. The molecule has 102 valence electrons. The van der Waals surface area contributed by atoms with E-state index in [2.05, 4.69) is 15.4 Å². The second kappa shape index (κ2) is 5.97. The summed E-state index contributed by atoms with van der Waals surface area (Å²) in [6, 6.07) is 7.76. The molecule has 0 spiro atoms. The first-order valence-corrected chi connectivity index (χ1v) is 6.58. The van der Waals surface area contributed by atoms with Gasteiger partial charge in [-0.15, -0.1) is 13.2 Å². The average Bonchev–Trinajstić information content (AvgIpc) is 2.82. The standard InChI is InChI=1S/C13H12F3NOS/c14-13(15,16)18-12-3-1-11(2-4-12)17-7-5-10-6-8-19-9-10/h1-4,6,8-9,17H,5,7H2. The SMILES string of the molecule is FC(F)(F)Oc1ccc(NCCc2ccsc2)cc1. The van der Waals surface area contributed by atoms with Crippen molar-refractivity contribution in [3.05, 3.63) is 46.7 Å². The van der Waals surface area contributed by atoms with Gasteiger partial charge in [0.15, 0.2) is 0 Å². The van der Waals surface area contributed by atoms with Crippen molar-refractivity contribution in [1.29, 1.82) is 0 Å². The van der Waals surface area contributed by atoms with E-state index in [4.69, 9.17) is 0 Å². The molecule has 6 heteroatoms. The van der Waals surface area contributed by atoms with Crippen molar-refractivity contribution in [2.75, 3.05) is 11.9 Å². The van der Waals surface area contributed by atoms with Gasteiger partial charge >= 0.3 is 6.36 Å². The van der Waals surface area contributed by atoms with Gasteiger partial charge in [-0.3, -0.25) is 0 Å². The largest absolute Gasteiger partial charge is 0.573 e. The molecule has 1 N–H and O–H groups in total. The van der Waals surface area contributed by atoms with Crippen LogP contribution in [0.3, 0.4) is 0 Å². The van der Waals surface area contributed by atoms with E-state index in [9.17, 15) is 13.2 Å². The Morgan fingerprint density at radius 1 is 1.11 bits per heavy atom. The lowest BCUT2D eigenvalue weighted by molar-refractivity contribution is -0.274. The topological polar surface area (TPSA) is 21.3 Å². The number of ether oxygens (including phenoxy) is 1. The van der Waals surface area contributed by atoms with E-state index >= 15 is 0 Å². The molecule has 1 aromatic carbocycles. The van der Waals surface area contributed by atoms with Crippen LogP contribution in [0.25, 0.3) is 0 Å². The van der Waals surface area contributed by atoms with Crippen LogP contribution in [0.15, 0.2) is 41.1 Å². The van der Waals surface area contributed by atoms with Crippen LogP contribution in [0.1, 0.15) is 5.56 Å². The Morgan fingerprint density at radius 2 is 1.84 bits per heavy atom. The summed E-state index contributed by atoms with van der Waals surface area (Å²) in [5.41, 5.74) is 2.01. The number of alkyl halides is 3. The third-order valence-electron chi connectivity index (χ3n) is 2.41. The highest BCUT2D eigenvalue weighted by atomic mass is 32.1. The Bertz CT molecular complexity index is 494.